The van der Waals surface area contributed by atoms with E-state index in [-0.39, 0.29) is 11.5 Å². The Balaban J connectivity index is 1.85. The lowest BCUT2D eigenvalue weighted by molar-refractivity contribution is 0.138. The Hall–Kier alpha value is -1.74. The Morgan fingerprint density at radius 1 is 1.48 bits per heavy atom. The number of rotatable bonds is 3. The van der Waals surface area contributed by atoms with Gasteiger partial charge in [-0.15, -0.1) is 0 Å². The molecule has 2 unspecified atom stereocenters. The Morgan fingerprint density at radius 2 is 2.35 bits per heavy atom. The lowest BCUT2D eigenvalue weighted by Gasteiger charge is -2.34. The van der Waals surface area contributed by atoms with Crippen LogP contribution in [-0.2, 0) is 12.0 Å². The molecule has 2 heterocycles. The van der Waals surface area contributed by atoms with Gasteiger partial charge in [-0.2, -0.15) is 0 Å². The van der Waals surface area contributed by atoms with Crippen LogP contribution in [0.25, 0.3) is 0 Å². The summed E-state index contributed by atoms with van der Waals surface area (Å²) in [5.74, 6) is 1.86. The van der Waals surface area contributed by atoms with E-state index in [0.717, 1.165) is 50.4 Å². The fourth-order valence-corrected chi connectivity index (χ4v) is 4.53. The number of hydrogen-bond acceptors (Lipinski definition) is 3. The minimum Gasteiger partial charge on any atom is -0.493 e. The zero-order valence-corrected chi connectivity index (χ0v) is 14.1. The van der Waals surface area contributed by atoms with E-state index in [1.165, 1.54) is 16.7 Å². The average Bonchev–Trinajstić information content (AvgIpc) is 2.80. The summed E-state index contributed by atoms with van der Waals surface area (Å²) in [7, 11) is 1.73. The molecule has 0 aromatic heterocycles. The van der Waals surface area contributed by atoms with Crippen molar-refractivity contribution in [2.24, 2.45) is 0 Å². The highest BCUT2D eigenvalue weighted by Crippen LogP contribution is 2.55. The van der Waals surface area contributed by atoms with Gasteiger partial charge >= 0.3 is 0 Å². The van der Waals surface area contributed by atoms with Crippen molar-refractivity contribution in [2.75, 3.05) is 20.2 Å². The normalized spacial score (nSPS) is 28.5. The number of methoxy groups -OCH3 is 1. The van der Waals surface area contributed by atoms with E-state index in [1.807, 2.05) is 0 Å². The first-order valence-corrected chi connectivity index (χ1v) is 8.55. The molecular weight excluding hydrogens is 286 g/mol. The van der Waals surface area contributed by atoms with E-state index in [1.54, 1.807) is 7.11 Å². The monoisotopic (exact) mass is 311 g/mol. The first kappa shape index (κ1) is 14.8. The lowest BCUT2D eigenvalue weighted by atomic mass is 9.69. The third kappa shape index (κ3) is 2.21. The van der Waals surface area contributed by atoms with Crippen molar-refractivity contribution in [1.29, 1.82) is 0 Å². The molecule has 4 rings (SSSR count). The van der Waals surface area contributed by atoms with Crippen molar-refractivity contribution in [3.63, 3.8) is 0 Å². The molecule has 3 aliphatic rings. The number of ether oxygens (including phenoxy) is 2. The third-order valence-corrected chi connectivity index (χ3v) is 5.47. The molecule has 0 saturated carbocycles. The topological polar surface area (TPSA) is 21.7 Å². The minimum atomic E-state index is 0.0290. The smallest absolute Gasteiger partial charge is 0.166 e. The van der Waals surface area contributed by atoms with Gasteiger partial charge in [0.1, 0.15) is 6.10 Å². The Morgan fingerprint density at radius 3 is 3.13 bits per heavy atom. The zero-order valence-electron chi connectivity index (χ0n) is 14.1. The molecule has 0 amide bonds. The predicted molar refractivity (Wildman–Crippen MR) is 92.2 cm³/mol. The third-order valence-electron chi connectivity index (χ3n) is 5.47. The highest BCUT2D eigenvalue weighted by molar-refractivity contribution is 5.60. The van der Waals surface area contributed by atoms with Gasteiger partial charge in [0.15, 0.2) is 11.5 Å². The molecule has 0 N–H and O–H groups in total. The van der Waals surface area contributed by atoms with Crippen LogP contribution in [0.2, 0.25) is 0 Å². The summed E-state index contributed by atoms with van der Waals surface area (Å²) < 4.78 is 12.0. The molecule has 2 atom stereocenters. The van der Waals surface area contributed by atoms with Gasteiger partial charge in [-0.25, -0.2) is 0 Å². The van der Waals surface area contributed by atoms with E-state index in [2.05, 4.69) is 42.7 Å². The molecule has 0 bridgehead atoms. The van der Waals surface area contributed by atoms with Crippen molar-refractivity contribution in [1.82, 2.24) is 4.90 Å². The van der Waals surface area contributed by atoms with Gasteiger partial charge in [0.2, 0.25) is 0 Å². The number of benzene rings is 1. The molecular formula is C20H25NO2. The van der Waals surface area contributed by atoms with Gasteiger partial charge in [-0.05, 0) is 37.8 Å². The van der Waals surface area contributed by atoms with Crippen LogP contribution in [0.5, 0.6) is 11.5 Å². The molecule has 122 valence electrons. The molecule has 2 aliphatic heterocycles. The van der Waals surface area contributed by atoms with Crippen LogP contribution in [0.4, 0.5) is 0 Å². The van der Waals surface area contributed by atoms with Gasteiger partial charge < -0.3 is 9.47 Å². The summed E-state index contributed by atoms with van der Waals surface area (Å²) in [6.07, 6.45) is 8.31. The van der Waals surface area contributed by atoms with Crippen molar-refractivity contribution >= 4 is 0 Å². The minimum absolute atomic E-state index is 0.0290. The Bertz CT molecular complexity index is 678. The van der Waals surface area contributed by atoms with Crippen molar-refractivity contribution in [3.05, 3.63) is 47.6 Å². The summed E-state index contributed by atoms with van der Waals surface area (Å²) in [6.45, 7) is 9.21. The van der Waals surface area contributed by atoms with Gasteiger partial charge in [-0.1, -0.05) is 30.4 Å². The van der Waals surface area contributed by atoms with Crippen molar-refractivity contribution in [3.8, 4) is 11.5 Å². The highest BCUT2D eigenvalue weighted by atomic mass is 16.5. The van der Waals surface area contributed by atoms with Crippen LogP contribution >= 0.6 is 0 Å². The molecule has 1 aliphatic carbocycles. The molecule has 3 heteroatoms. The molecule has 3 nitrogen and oxygen atoms in total. The van der Waals surface area contributed by atoms with Crippen molar-refractivity contribution in [2.45, 2.75) is 44.2 Å². The van der Waals surface area contributed by atoms with Gasteiger partial charge in [-0.3, -0.25) is 4.90 Å². The van der Waals surface area contributed by atoms with Gasteiger partial charge in [0.05, 0.1) is 12.5 Å². The second-order valence-corrected chi connectivity index (χ2v) is 7.18. The molecule has 0 saturated heterocycles. The fraction of sp³-hybridized carbons (Fsp3) is 0.500. The Kier molecular flexibility index (Phi) is 3.49. The van der Waals surface area contributed by atoms with Crippen molar-refractivity contribution < 1.29 is 9.47 Å². The molecule has 1 aromatic carbocycles. The van der Waals surface area contributed by atoms with Crippen LogP contribution in [0.3, 0.4) is 0 Å². The lowest BCUT2D eigenvalue weighted by Crippen LogP contribution is -2.39. The first-order chi connectivity index (χ1) is 11.1. The zero-order chi connectivity index (χ0) is 16.0. The maximum Gasteiger partial charge on any atom is 0.166 e. The summed E-state index contributed by atoms with van der Waals surface area (Å²) in [5, 5.41) is 0. The summed E-state index contributed by atoms with van der Waals surface area (Å²) in [4.78, 5) is 2.51. The first-order valence-electron chi connectivity index (χ1n) is 8.55. The summed E-state index contributed by atoms with van der Waals surface area (Å²) in [6, 6.07) is 4.29. The standard InChI is InChI=1S/C20H25NO2/c1-14(2)12-21-11-10-20-9-5-4-6-17(20)23-19-16(22-3)8-7-15(13-21)18(19)20/h5,7-9,17H,1,4,6,10-13H2,2-3H3. The SMILES string of the molecule is C=C(C)CN1CCC23C=CCCC2Oc2c(OC)ccc(c23)C1. The number of nitrogens with zero attached hydrogens (tertiary/aromatic N) is 1. The molecule has 23 heavy (non-hydrogen) atoms. The van der Waals surface area contributed by atoms with E-state index in [0.29, 0.717) is 0 Å². The quantitative estimate of drug-likeness (QED) is 0.792. The van der Waals surface area contributed by atoms with Crippen LogP contribution < -0.4 is 9.47 Å². The van der Waals surface area contributed by atoms with E-state index >= 15 is 0 Å². The molecule has 0 radical (unpaired) electrons. The summed E-state index contributed by atoms with van der Waals surface area (Å²) >= 11 is 0. The van der Waals surface area contributed by atoms with Crippen LogP contribution in [0.1, 0.15) is 37.3 Å². The second kappa shape index (κ2) is 5.41. The van der Waals surface area contributed by atoms with Gasteiger partial charge in [0.25, 0.3) is 0 Å². The van der Waals surface area contributed by atoms with E-state index in [9.17, 15) is 0 Å². The Labute approximate surface area is 138 Å². The largest absolute Gasteiger partial charge is 0.493 e. The average molecular weight is 311 g/mol. The highest BCUT2D eigenvalue weighted by Gasteiger charge is 2.51. The van der Waals surface area contributed by atoms with Crippen LogP contribution in [0, 0.1) is 0 Å². The van der Waals surface area contributed by atoms with Gasteiger partial charge in [0, 0.05) is 25.2 Å². The molecule has 1 aromatic rings. The fourth-order valence-electron chi connectivity index (χ4n) is 4.53. The van der Waals surface area contributed by atoms with E-state index in [4.69, 9.17) is 9.47 Å². The maximum absolute atomic E-state index is 6.41. The summed E-state index contributed by atoms with van der Waals surface area (Å²) in [5.41, 5.74) is 4.01. The second-order valence-electron chi connectivity index (χ2n) is 7.18. The molecule has 1 spiro atoms. The van der Waals surface area contributed by atoms with Crippen LogP contribution in [0.15, 0.2) is 36.4 Å². The maximum atomic E-state index is 6.41. The molecule has 0 fully saturated rings. The predicted octanol–water partition coefficient (Wildman–Crippen LogP) is 3.83. The van der Waals surface area contributed by atoms with E-state index < -0.39 is 0 Å². The van der Waals surface area contributed by atoms with Crippen LogP contribution in [-0.4, -0.2) is 31.2 Å². The number of hydrogen-bond donors (Lipinski definition) is 0. The number of allylic oxidation sites excluding steroid dienone is 1.